The number of carbonyl (C=O) groups excluding carboxylic acids is 1. The van der Waals surface area contributed by atoms with Crippen LogP contribution in [0.1, 0.15) is 27.8 Å². The Labute approximate surface area is 109 Å². The van der Waals surface area contributed by atoms with Crippen molar-refractivity contribution in [2.24, 2.45) is 0 Å². The monoisotopic (exact) mass is 294 g/mol. The summed E-state index contributed by atoms with van der Waals surface area (Å²) in [5.74, 6) is -3.36. The summed E-state index contributed by atoms with van der Waals surface area (Å²) in [6.07, 6.45) is -4.52. The third kappa shape index (κ3) is 2.86. The highest BCUT2D eigenvalue weighted by Gasteiger charge is 2.45. The van der Waals surface area contributed by atoms with Crippen molar-refractivity contribution < 1.29 is 27.9 Å². The molecule has 1 atom stereocenters. The summed E-state index contributed by atoms with van der Waals surface area (Å²) >= 11 is 1.09. The Morgan fingerprint density at radius 3 is 2.68 bits per heavy atom. The zero-order chi connectivity index (χ0) is 14.2. The molecule has 1 unspecified atom stereocenters. The molecule has 0 spiro atoms. The quantitative estimate of drug-likeness (QED) is 0.901. The number of carbonyl (C=O) groups is 2. The molecule has 0 radical (unpaired) electrons. The van der Waals surface area contributed by atoms with E-state index >= 15 is 0 Å². The third-order valence-corrected chi connectivity index (χ3v) is 3.82. The number of thiazole rings is 1. The van der Waals surface area contributed by atoms with Gasteiger partial charge in [0.05, 0.1) is 5.01 Å². The highest BCUT2D eigenvalue weighted by atomic mass is 32.1. The fourth-order valence-electron chi connectivity index (χ4n) is 1.90. The molecular formula is C10H9F3N2O3S. The van der Waals surface area contributed by atoms with Crippen molar-refractivity contribution in [3.63, 3.8) is 0 Å². The van der Waals surface area contributed by atoms with Crippen molar-refractivity contribution in [3.8, 4) is 0 Å². The number of rotatable bonds is 2. The molecule has 2 rings (SSSR count). The van der Waals surface area contributed by atoms with Crippen molar-refractivity contribution in [1.29, 1.82) is 0 Å². The van der Waals surface area contributed by atoms with E-state index in [9.17, 15) is 22.8 Å². The molecule has 1 N–H and O–H groups in total. The molecule has 1 aromatic rings. The summed E-state index contributed by atoms with van der Waals surface area (Å²) in [5, 5.41) is 10.5. The Hall–Kier alpha value is -1.64. The number of nitrogens with zero attached hydrogens (tertiary/aromatic N) is 2. The number of carboxylic acids is 1. The number of halogens is 3. The fraction of sp³-hybridized carbons (Fsp3) is 0.500. The van der Waals surface area contributed by atoms with Crippen LogP contribution in [-0.4, -0.2) is 46.1 Å². The number of aromatic nitrogens is 1. The first-order chi connectivity index (χ1) is 8.79. The number of alkyl halides is 3. The molecule has 1 aliphatic rings. The molecule has 0 aliphatic carbocycles. The van der Waals surface area contributed by atoms with E-state index in [2.05, 4.69) is 4.98 Å². The van der Waals surface area contributed by atoms with Crippen LogP contribution in [0.4, 0.5) is 13.2 Å². The molecule has 1 saturated heterocycles. The molecule has 5 nitrogen and oxygen atoms in total. The Balaban J connectivity index is 2.05. The van der Waals surface area contributed by atoms with Crippen LogP contribution in [-0.2, 0) is 4.79 Å². The van der Waals surface area contributed by atoms with Gasteiger partial charge in [0.25, 0.3) is 0 Å². The van der Waals surface area contributed by atoms with E-state index in [4.69, 9.17) is 5.11 Å². The lowest BCUT2D eigenvalue weighted by Crippen LogP contribution is -2.39. The second kappa shape index (κ2) is 4.80. The summed E-state index contributed by atoms with van der Waals surface area (Å²) in [4.78, 5) is 26.3. The number of hydrogen-bond acceptors (Lipinski definition) is 4. The first-order valence-corrected chi connectivity index (χ1v) is 6.22. The van der Waals surface area contributed by atoms with E-state index in [1.807, 2.05) is 0 Å². The molecule has 1 aromatic heterocycles. The topological polar surface area (TPSA) is 70.5 Å². The maximum Gasteiger partial charge on any atom is 0.471 e. The van der Waals surface area contributed by atoms with Gasteiger partial charge < -0.3 is 10.0 Å². The highest BCUT2D eigenvalue weighted by molar-refractivity contribution is 7.09. The van der Waals surface area contributed by atoms with Gasteiger partial charge in [-0.15, -0.1) is 11.3 Å². The van der Waals surface area contributed by atoms with Gasteiger partial charge in [-0.1, -0.05) is 0 Å². The summed E-state index contributed by atoms with van der Waals surface area (Å²) in [5.41, 5.74) is -0.124. The zero-order valence-electron chi connectivity index (χ0n) is 9.48. The first kappa shape index (κ1) is 13.8. The lowest BCUT2D eigenvalue weighted by molar-refractivity contribution is -0.184. The predicted octanol–water partition coefficient (Wildman–Crippen LogP) is 1.72. The summed E-state index contributed by atoms with van der Waals surface area (Å²) < 4.78 is 36.8. The van der Waals surface area contributed by atoms with Crippen LogP contribution in [0.5, 0.6) is 0 Å². The molecule has 0 bridgehead atoms. The molecule has 104 valence electrons. The van der Waals surface area contributed by atoms with Crippen LogP contribution in [0, 0.1) is 0 Å². The molecule has 1 fully saturated rings. The van der Waals surface area contributed by atoms with Gasteiger partial charge in [0.2, 0.25) is 0 Å². The van der Waals surface area contributed by atoms with Gasteiger partial charge in [-0.2, -0.15) is 13.2 Å². The van der Waals surface area contributed by atoms with E-state index in [1.54, 1.807) is 0 Å². The maximum atomic E-state index is 12.3. The van der Waals surface area contributed by atoms with Crippen molar-refractivity contribution in [1.82, 2.24) is 9.88 Å². The lowest BCUT2D eigenvalue weighted by Gasteiger charge is -2.17. The molecule has 9 heteroatoms. The number of amides is 1. The van der Waals surface area contributed by atoms with Crippen molar-refractivity contribution in [3.05, 3.63) is 16.1 Å². The second-order valence-corrected chi connectivity index (χ2v) is 5.00. The van der Waals surface area contributed by atoms with Crippen LogP contribution in [0.15, 0.2) is 5.38 Å². The minimum absolute atomic E-state index is 0.00496. The second-order valence-electron chi connectivity index (χ2n) is 4.11. The van der Waals surface area contributed by atoms with E-state index in [0.29, 0.717) is 11.4 Å². The number of hydrogen-bond donors (Lipinski definition) is 1. The van der Waals surface area contributed by atoms with Gasteiger partial charge in [-0.3, -0.25) is 4.79 Å². The lowest BCUT2D eigenvalue weighted by atomic mass is 10.1. The van der Waals surface area contributed by atoms with Crippen LogP contribution in [0.2, 0.25) is 0 Å². The van der Waals surface area contributed by atoms with Gasteiger partial charge in [0, 0.05) is 24.4 Å². The van der Waals surface area contributed by atoms with E-state index in [0.717, 1.165) is 16.2 Å². The minimum Gasteiger partial charge on any atom is -0.476 e. The van der Waals surface area contributed by atoms with Crippen LogP contribution in [0.3, 0.4) is 0 Å². The fourth-order valence-corrected chi connectivity index (χ4v) is 2.82. The van der Waals surface area contributed by atoms with Crippen molar-refractivity contribution in [2.45, 2.75) is 18.5 Å². The molecule has 0 saturated carbocycles. The SMILES string of the molecule is O=C(O)c1csc(C2CCN(C(=O)C(F)(F)F)C2)n1. The Morgan fingerprint density at radius 2 is 2.16 bits per heavy atom. The smallest absolute Gasteiger partial charge is 0.471 e. The average Bonchev–Trinajstić information content (AvgIpc) is 2.95. The summed E-state index contributed by atoms with van der Waals surface area (Å²) in [7, 11) is 0. The molecular weight excluding hydrogens is 285 g/mol. The zero-order valence-corrected chi connectivity index (χ0v) is 10.3. The Bertz CT molecular complexity index is 514. The number of carboxylic acid groups (broad SMARTS) is 1. The van der Waals surface area contributed by atoms with Gasteiger partial charge in [-0.25, -0.2) is 9.78 Å². The van der Waals surface area contributed by atoms with E-state index in [1.165, 1.54) is 5.38 Å². The van der Waals surface area contributed by atoms with Crippen LogP contribution >= 0.6 is 11.3 Å². The summed E-state index contributed by atoms with van der Waals surface area (Å²) in [6, 6.07) is 0. The van der Waals surface area contributed by atoms with Crippen LogP contribution in [0.25, 0.3) is 0 Å². The van der Waals surface area contributed by atoms with Crippen LogP contribution < -0.4 is 0 Å². The van der Waals surface area contributed by atoms with Gasteiger partial charge >= 0.3 is 18.1 Å². The van der Waals surface area contributed by atoms with Gasteiger partial charge in [-0.05, 0) is 6.42 Å². The van der Waals surface area contributed by atoms with E-state index < -0.39 is 18.1 Å². The van der Waals surface area contributed by atoms with Crippen molar-refractivity contribution in [2.75, 3.05) is 13.1 Å². The van der Waals surface area contributed by atoms with Gasteiger partial charge in [0.15, 0.2) is 5.69 Å². The summed E-state index contributed by atoms with van der Waals surface area (Å²) in [6.45, 7) is -0.0735. The first-order valence-electron chi connectivity index (χ1n) is 5.34. The molecule has 2 heterocycles. The molecule has 19 heavy (non-hydrogen) atoms. The number of likely N-dealkylation sites (tertiary alicyclic amines) is 1. The average molecular weight is 294 g/mol. The largest absolute Gasteiger partial charge is 0.476 e. The standard InChI is InChI=1S/C10H9F3N2O3S/c11-10(12,13)9(18)15-2-1-5(3-15)7-14-6(4-19-7)8(16)17/h4-5H,1-3H2,(H,16,17). The van der Waals surface area contributed by atoms with Crippen molar-refractivity contribution >= 4 is 23.2 Å². The predicted molar refractivity (Wildman–Crippen MR) is 59.1 cm³/mol. The maximum absolute atomic E-state index is 12.3. The third-order valence-electron chi connectivity index (χ3n) is 2.81. The minimum atomic E-state index is -4.87. The Kier molecular flexibility index (Phi) is 3.48. The number of aromatic carboxylic acids is 1. The molecule has 0 aromatic carbocycles. The van der Waals surface area contributed by atoms with Gasteiger partial charge in [0.1, 0.15) is 0 Å². The highest BCUT2D eigenvalue weighted by Crippen LogP contribution is 2.31. The normalized spacial score (nSPS) is 19.7. The van der Waals surface area contributed by atoms with E-state index in [-0.39, 0.29) is 24.7 Å². The molecule has 1 aliphatic heterocycles. The molecule has 1 amide bonds. The Morgan fingerprint density at radius 1 is 1.47 bits per heavy atom.